The van der Waals surface area contributed by atoms with Crippen molar-refractivity contribution in [3.63, 3.8) is 0 Å². The normalized spacial score (nSPS) is 23.2. The second kappa shape index (κ2) is 4.24. The van der Waals surface area contributed by atoms with Crippen LogP contribution in [0.2, 0.25) is 0 Å². The largest absolute Gasteiger partial charge is 0.380 e. The van der Waals surface area contributed by atoms with Crippen LogP contribution in [0.25, 0.3) is 0 Å². The maximum Gasteiger partial charge on any atom is 0.0547 e. The first-order valence-corrected chi connectivity index (χ1v) is 5.07. The maximum absolute atomic E-state index is 5.75. The molecule has 0 spiro atoms. The minimum atomic E-state index is 0.443. The Morgan fingerprint density at radius 1 is 1.42 bits per heavy atom. The highest BCUT2D eigenvalue weighted by atomic mass is 16.5. The Morgan fingerprint density at radius 3 is 2.33 bits per heavy atom. The Balaban J connectivity index is 2.51. The van der Waals surface area contributed by atoms with E-state index in [9.17, 15) is 0 Å². The van der Waals surface area contributed by atoms with E-state index in [0.29, 0.717) is 11.3 Å². The van der Waals surface area contributed by atoms with Gasteiger partial charge in [0.15, 0.2) is 0 Å². The summed E-state index contributed by atoms with van der Waals surface area (Å²) in [5, 5.41) is 0. The summed E-state index contributed by atoms with van der Waals surface area (Å²) in [6.07, 6.45) is 3.72. The second-order valence-corrected chi connectivity index (χ2v) is 3.95. The van der Waals surface area contributed by atoms with E-state index in [2.05, 4.69) is 13.8 Å². The highest BCUT2D eigenvalue weighted by molar-refractivity contribution is 4.91. The Kier molecular flexibility index (Phi) is 3.53. The van der Waals surface area contributed by atoms with Gasteiger partial charge in [-0.15, -0.1) is 0 Å². The van der Waals surface area contributed by atoms with Crippen LogP contribution in [0.1, 0.15) is 33.1 Å². The monoisotopic (exact) mass is 171 g/mol. The molecule has 1 aliphatic heterocycles. The summed E-state index contributed by atoms with van der Waals surface area (Å²) in [6.45, 7) is 7.17. The maximum atomic E-state index is 5.75. The van der Waals surface area contributed by atoms with Crippen LogP contribution in [-0.4, -0.2) is 19.8 Å². The quantitative estimate of drug-likeness (QED) is 0.684. The third-order valence-electron chi connectivity index (χ3n) is 3.17. The van der Waals surface area contributed by atoms with Gasteiger partial charge in [0.1, 0.15) is 0 Å². The predicted molar refractivity (Wildman–Crippen MR) is 51.0 cm³/mol. The summed E-state index contributed by atoms with van der Waals surface area (Å²) < 4.78 is 5.32. The van der Waals surface area contributed by atoms with Gasteiger partial charge in [-0.3, -0.25) is 0 Å². The van der Waals surface area contributed by atoms with E-state index >= 15 is 0 Å². The van der Waals surface area contributed by atoms with Gasteiger partial charge in [-0.2, -0.15) is 0 Å². The Bertz CT molecular complexity index is 128. The van der Waals surface area contributed by atoms with Crippen molar-refractivity contribution in [2.24, 2.45) is 17.1 Å². The lowest BCUT2D eigenvalue weighted by atomic mass is 9.69. The molecule has 1 heterocycles. The molecule has 0 aromatic heterocycles. The second-order valence-electron chi connectivity index (χ2n) is 3.95. The molecule has 72 valence electrons. The molecule has 1 saturated heterocycles. The standard InChI is InChI=1S/C10H21NO/c1-3-5-10(7-12-8-10)9(4-2)6-11/h9H,3-8,11H2,1-2H3. The van der Waals surface area contributed by atoms with Gasteiger partial charge in [-0.1, -0.05) is 26.7 Å². The summed E-state index contributed by atoms with van der Waals surface area (Å²) in [5.41, 5.74) is 6.20. The Labute approximate surface area is 75.5 Å². The van der Waals surface area contributed by atoms with Crippen molar-refractivity contribution in [2.45, 2.75) is 33.1 Å². The van der Waals surface area contributed by atoms with Crippen LogP contribution in [0, 0.1) is 11.3 Å². The van der Waals surface area contributed by atoms with Crippen molar-refractivity contribution in [2.75, 3.05) is 19.8 Å². The van der Waals surface area contributed by atoms with E-state index in [4.69, 9.17) is 10.5 Å². The van der Waals surface area contributed by atoms with Gasteiger partial charge in [0.05, 0.1) is 13.2 Å². The molecule has 1 rings (SSSR count). The van der Waals surface area contributed by atoms with Gasteiger partial charge < -0.3 is 10.5 Å². The van der Waals surface area contributed by atoms with Crippen molar-refractivity contribution in [3.05, 3.63) is 0 Å². The molecule has 0 aliphatic carbocycles. The Morgan fingerprint density at radius 2 is 2.08 bits per heavy atom. The Hall–Kier alpha value is -0.0800. The van der Waals surface area contributed by atoms with Crippen LogP contribution in [0.5, 0.6) is 0 Å². The number of ether oxygens (including phenoxy) is 1. The van der Waals surface area contributed by atoms with Crippen LogP contribution >= 0.6 is 0 Å². The molecule has 1 aliphatic rings. The minimum Gasteiger partial charge on any atom is -0.380 e. The summed E-state index contributed by atoms with van der Waals surface area (Å²) >= 11 is 0. The van der Waals surface area contributed by atoms with Crippen LogP contribution in [0.4, 0.5) is 0 Å². The summed E-state index contributed by atoms with van der Waals surface area (Å²) in [4.78, 5) is 0. The molecule has 1 fully saturated rings. The number of hydrogen-bond acceptors (Lipinski definition) is 2. The van der Waals surface area contributed by atoms with E-state index in [0.717, 1.165) is 19.8 Å². The van der Waals surface area contributed by atoms with Crippen molar-refractivity contribution in [1.82, 2.24) is 0 Å². The van der Waals surface area contributed by atoms with Gasteiger partial charge in [0.25, 0.3) is 0 Å². The molecule has 0 amide bonds. The molecular formula is C10H21NO. The molecule has 1 unspecified atom stereocenters. The zero-order valence-electron chi connectivity index (χ0n) is 8.31. The van der Waals surface area contributed by atoms with E-state index in [1.165, 1.54) is 19.3 Å². The van der Waals surface area contributed by atoms with Crippen LogP contribution < -0.4 is 5.73 Å². The van der Waals surface area contributed by atoms with Gasteiger partial charge in [0, 0.05) is 5.41 Å². The van der Waals surface area contributed by atoms with Crippen molar-refractivity contribution < 1.29 is 4.74 Å². The summed E-state index contributed by atoms with van der Waals surface area (Å²) in [7, 11) is 0. The van der Waals surface area contributed by atoms with E-state index in [-0.39, 0.29) is 0 Å². The molecule has 0 saturated carbocycles. The van der Waals surface area contributed by atoms with Crippen LogP contribution in [0.15, 0.2) is 0 Å². The lowest BCUT2D eigenvalue weighted by Crippen LogP contribution is -2.50. The predicted octanol–water partition coefficient (Wildman–Crippen LogP) is 1.79. The molecular weight excluding hydrogens is 150 g/mol. The molecule has 1 atom stereocenters. The van der Waals surface area contributed by atoms with Gasteiger partial charge in [-0.25, -0.2) is 0 Å². The minimum absolute atomic E-state index is 0.443. The van der Waals surface area contributed by atoms with Gasteiger partial charge in [-0.05, 0) is 18.9 Å². The fraction of sp³-hybridized carbons (Fsp3) is 1.00. The van der Waals surface area contributed by atoms with Crippen molar-refractivity contribution in [1.29, 1.82) is 0 Å². The molecule has 2 nitrogen and oxygen atoms in total. The fourth-order valence-electron chi connectivity index (χ4n) is 2.30. The fourth-order valence-corrected chi connectivity index (χ4v) is 2.30. The van der Waals surface area contributed by atoms with Gasteiger partial charge in [0.2, 0.25) is 0 Å². The van der Waals surface area contributed by atoms with E-state index in [1.54, 1.807) is 0 Å². The first-order valence-electron chi connectivity index (χ1n) is 5.07. The zero-order chi connectivity index (χ0) is 9.03. The summed E-state index contributed by atoms with van der Waals surface area (Å²) in [5.74, 6) is 0.672. The number of nitrogens with two attached hydrogens (primary N) is 1. The third-order valence-corrected chi connectivity index (χ3v) is 3.17. The van der Waals surface area contributed by atoms with Crippen LogP contribution in [0.3, 0.4) is 0 Å². The topological polar surface area (TPSA) is 35.2 Å². The molecule has 2 heteroatoms. The molecule has 0 radical (unpaired) electrons. The summed E-state index contributed by atoms with van der Waals surface area (Å²) in [6, 6.07) is 0. The average Bonchev–Trinajstić information content (AvgIpc) is 2.02. The highest BCUT2D eigenvalue weighted by Gasteiger charge is 2.42. The lowest BCUT2D eigenvalue weighted by Gasteiger charge is -2.47. The number of rotatable bonds is 5. The smallest absolute Gasteiger partial charge is 0.0547 e. The molecule has 0 bridgehead atoms. The zero-order valence-corrected chi connectivity index (χ0v) is 8.31. The van der Waals surface area contributed by atoms with Crippen LogP contribution in [-0.2, 0) is 4.74 Å². The molecule has 2 N–H and O–H groups in total. The van der Waals surface area contributed by atoms with E-state index in [1.807, 2.05) is 0 Å². The molecule has 0 aromatic rings. The number of hydrogen-bond donors (Lipinski definition) is 1. The third kappa shape index (κ3) is 1.64. The lowest BCUT2D eigenvalue weighted by molar-refractivity contribution is -0.149. The first-order chi connectivity index (χ1) is 5.79. The van der Waals surface area contributed by atoms with Crippen molar-refractivity contribution >= 4 is 0 Å². The van der Waals surface area contributed by atoms with Crippen molar-refractivity contribution in [3.8, 4) is 0 Å². The SMILES string of the molecule is CCCC1(C(CC)CN)COC1. The highest BCUT2D eigenvalue weighted by Crippen LogP contribution is 2.41. The molecule has 12 heavy (non-hydrogen) atoms. The van der Waals surface area contributed by atoms with Gasteiger partial charge >= 0.3 is 0 Å². The first kappa shape index (κ1) is 10.0. The average molecular weight is 171 g/mol. The molecule has 0 aromatic carbocycles. The van der Waals surface area contributed by atoms with E-state index < -0.39 is 0 Å².